The van der Waals surface area contributed by atoms with Crippen LogP contribution in [0.1, 0.15) is 19.8 Å². The maximum absolute atomic E-state index is 12.0. The molecule has 0 aromatic carbocycles. The van der Waals surface area contributed by atoms with E-state index in [2.05, 4.69) is 20.9 Å². The van der Waals surface area contributed by atoms with E-state index in [4.69, 9.17) is 16.6 Å². The Morgan fingerprint density at radius 3 is 2.38 bits per heavy atom. The fourth-order valence-electron chi connectivity index (χ4n) is 1.67. The molecule has 0 bridgehead atoms. The molecule has 0 rings (SSSR count). The maximum atomic E-state index is 12.0. The van der Waals surface area contributed by atoms with E-state index < -0.39 is 36.5 Å². The van der Waals surface area contributed by atoms with Crippen LogP contribution < -0.4 is 27.4 Å². The summed E-state index contributed by atoms with van der Waals surface area (Å²) in [5.41, 5.74) is 10.3. The Morgan fingerprint density at radius 2 is 1.88 bits per heavy atom. The molecule has 24 heavy (non-hydrogen) atoms. The second-order valence-electron chi connectivity index (χ2n) is 4.95. The number of aliphatic imine (C=N–C) groups is 1. The van der Waals surface area contributed by atoms with E-state index >= 15 is 0 Å². The second-order valence-corrected chi connectivity index (χ2v) is 4.95. The Kier molecular flexibility index (Phi) is 10.5. The van der Waals surface area contributed by atoms with Crippen LogP contribution in [0.4, 0.5) is 0 Å². The number of hydrogen-bond donors (Lipinski definition) is 6. The first kappa shape index (κ1) is 21.3. The van der Waals surface area contributed by atoms with Crippen LogP contribution in [0.5, 0.6) is 0 Å². The molecule has 0 aromatic heterocycles. The number of nitrogens with one attached hydrogen (secondary N) is 3. The summed E-state index contributed by atoms with van der Waals surface area (Å²) in [4.78, 5) is 48.7. The highest BCUT2D eigenvalue weighted by molar-refractivity contribution is 5.91. The van der Waals surface area contributed by atoms with Gasteiger partial charge in [-0.05, 0) is 19.8 Å². The average Bonchev–Trinajstić information content (AvgIpc) is 2.54. The molecule has 136 valence electrons. The zero-order valence-corrected chi connectivity index (χ0v) is 13.4. The van der Waals surface area contributed by atoms with Gasteiger partial charge < -0.3 is 37.3 Å². The van der Waals surface area contributed by atoms with Gasteiger partial charge in [0.15, 0.2) is 5.96 Å². The summed E-state index contributed by atoms with van der Waals surface area (Å²) in [5.74, 6) is -1.35. The number of carbonyl (C=O) groups is 4. The number of amides is 3. The molecule has 3 amide bonds. The van der Waals surface area contributed by atoms with Gasteiger partial charge in [0.2, 0.25) is 18.2 Å². The van der Waals surface area contributed by atoms with Crippen molar-refractivity contribution in [3.8, 4) is 0 Å². The van der Waals surface area contributed by atoms with Crippen LogP contribution in [0.25, 0.3) is 0 Å². The van der Waals surface area contributed by atoms with E-state index in [1.54, 1.807) is 0 Å². The summed E-state index contributed by atoms with van der Waals surface area (Å²) >= 11 is 0. The lowest BCUT2D eigenvalue weighted by atomic mass is 10.1. The van der Waals surface area contributed by atoms with Crippen molar-refractivity contribution in [2.24, 2.45) is 16.5 Å². The minimum absolute atomic E-state index is 0.0552. The Morgan fingerprint density at radius 1 is 1.21 bits per heavy atom. The van der Waals surface area contributed by atoms with Gasteiger partial charge >= 0.3 is 0 Å². The number of carbonyl (C=O) groups excluding carboxylic acids is 4. The molecule has 0 fully saturated rings. The molecule has 0 aromatic rings. The van der Waals surface area contributed by atoms with E-state index in [9.17, 15) is 19.2 Å². The van der Waals surface area contributed by atoms with Gasteiger partial charge in [0.1, 0.15) is 18.4 Å². The first-order chi connectivity index (χ1) is 11.3. The average molecular weight is 344 g/mol. The van der Waals surface area contributed by atoms with Gasteiger partial charge in [0, 0.05) is 6.54 Å². The normalized spacial score (nSPS) is 13.8. The third kappa shape index (κ3) is 8.68. The number of aliphatic hydroxyl groups is 1. The van der Waals surface area contributed by atoms with Crippen molar-refractivity contribution < 1.29 is 24.3 Å². The van der Waals surface area contributed by atoms with E-state index in [1.807, 2.05) is 0 Å². The third-order valence-electron chi connectivity index (χ3n) is 2.98. The summed E-state index contributed by atoms with van der Waals surface area (Å²) in [6, 6.07) is -2.85. The van der Waals surface area contributed by atoms with Crippen molar-refractivity contribution in [1.82, 2.24) is 16.0 Å². The fourth-order valence-corrected chi connectivity index (χ4v) is 1.67. The zero-order chi connectivity index (χ0) is 18.5. The SMILES string of the molecule is C[C@H](NC(=O)[C@@H](CO)NC=O)C(=O)N[C@H](C=O)CCCN=C(N)N. The number of nitrogens with zero attached hydrogens (tertiary/aromatic N) is 1. The predicted octanol–water partition coefficient (Wildman–Crippen LogP) is -3.66. The lowest BCUT2D eigenvalue weighted by Gasteiger charge is -2.20. The van der Waals surface area contributed by atoms with Gasteiger partial charge in [-0.3, -0.25) is 19.4 Å². The summed E-state index contributed by atoms with van der Waals surface area (Å²) < 4.78 is 0. The first-order valence-electron chi connectivity index (χ1n) is 7.27. The summed E-state index contributed by atoms with van der Waals surface area (Å²) in [5, 5.41) is 15.9. The fraction of sp³-hybridized carbons (Fsp3) is 0.615. The number of hydrogen-bond acceptors (Lipinski definition) is 6. The molecule has 0 spiro atoms. The number of nitrogens with two attached hydrogens (primary N) is 2. The molecule has 0 aliphatic rings. The molecule has 11 nitrogen and oxygen atoms in total. The van der Waals surface area contributed by atoms with E-state index in [0.717, 1.165) is 0 Å². The van der Waals surface area contributed by atoms with Crippen molar-refractivity contribution in [2.75, 3.05) is 13.2 Å². The minimum Gasteiger partial charge on any atom is -0.394 e. The molecule has 0 saturated heterocycles. The van der Waals surface area contributed by atoms with Crippen LogP contribution in [0.2, 0.25) is 0 Å². The highest BCUT2D eigenvalue weighted by Gasteiger charge is 2.23. The van der Waals surface area contributed by atoms with Crippen molar-refractivity contribution >= 4 is 30.5 Å². The number of guanidine groups is 1. The van der Waals surface area contributed by atoms with Crippen molar-refractivity contribution in [1.29, 1.82) is 0 Å². The summed E-state index contributed by atoms with van der Waals surface area (Å²) in [6.45, 7) is 1.12. The molecule has 0 aliphatic carbocycles. The van der Waals surface area contributed by atoms with Gasteiger partial charge in [0.25, 0.3) is 0 Å². The molecular formula is C13H24N6O5. The van der Waals surface area contributed by atoms with Crippen molar-refractivity contribution in [2.45, 2.75) is 37.9 Å². The molecule has 0 heterocycles. The first-order valence-corrected chi connectivity index (χ1v) is 7.27. The van der Waals surface area contributed by atoms with Crippen molar-refractivity contribution in [3.05, 3.63) is 0 Å². The van der Waals surface area contributed by atoms with E-state index in [0.29, 0.717) is 25.7 Å². The number of rotatable bonds is 12. The Hall–Kier alpha value is -2.69. The molecule has 0 saturated carbocycles. The Balaban J connectivity index is 4.39. The molecule has 8 N–H and O–H groups in total. The van der Waals surface area contributed by atoms with Gasteiger partial charge in [-0.25, -0.2) is 0 Å². The summed E-state index contributed by atoms with van der Waals surface area (Å²) in [7, 11) is 0. The highest BCUT2D eigenvalue weighted by atomic mass is 16.3. The maximum Gasteiger partial charge on any atom is 0.245 e. The van der Waals surface area contributed by atoms with E-state index in [-0.39, 0.29) is 12.4 Å². The Labute approximate surface area is 139 Å². The molecule has 0 aliphatic heterocycles. The molecule has 0 radical (unpaired) electrons. The third-order valence-corrected chi connectivity index (χ3v) is 2.98. The quantitative estimate of drug-likeness (QED) is 0.0909. The standard InChI is InChI=1S/C13H24N6O5/c1-8(18-12(24)10(6-21)17-7-22)11(23)19-9(5-20)3-2-4-16-13(14)15/h5,7-10,21H,2-4,6H2,1H3,(H,17,22)(H,18,24)(H,19,23)(H4,14,15,16)/t8-,9-,10+/m0/s1. The van der Waals surface area contributed by atoms with Crippen LogP contribution in [0, 0.1) is 0 Å². The smallest absolute Gasteiger partial charge is 0.245 e. The molecule has 0 unspecified atom stereocenters. The van der Waals surface area contributed by atoms with Crippen LogP contribution in [0.3, 0.4) is 0 Å². The monoisotopic (exact) mass is 344 g/mol. The molecule has 11 heteroatoms. The topological polar surface area (TPSA) is 189 Å². The minimum atomic E-state index is -1.15. The predicted molar refractivity (Wildman–Crippen MR) is 85.6 cm³/mol. The zero-order valence-electron chi connectivity index (χ0n) is 13.4. The number of aliphatic hydroxyl groups excluding tert-OH is 1. The number of aldehydes is 1. The van der Waals surface area contributed by atoms with Gasteiger partial charge in [-0.1, -0.05) is 0 Å². The van der Waals surface area contributed by atoms with Crippen LogP contribution in [-0.2, 0) is 19.2 Å². The van der Waals surface area contributed by atoms with Gasteiger partial charge in [-0.2, -0.15) is 0 Å². The van der Waals surface area contributed by atoms with Gasteiger partial charge in [-0.15, -0.1) is 0 Å². The van der Waals surface area contributed by atoms with Crippen LogP contribution in [-0.4, -0.2) is 66.9 Å². The molecular weight excluding hydrogens is 320 g/mol. The highest BCUT2D eigenvalue weighted by Crippen LogP contribution is 1.97. The van der Waals surface area contributed by atoms with Crippen LogP contribution in [0.15, 0.2) is 4.99 Å². The molecule has 3 atom stereocenters. The van der Waals surface area contributed by atoms with Crippen LogP contribution >= 0.6 is 0 Å². The second kappa shape index (κ2) is 11.8. The Bertz CT molecular complexity index is 466. The lowest BCUT2D eigenvalue weighted by Crippen LogP contribution is -2.54. The van der Waals surface area contributed by atoms with Crippen molar-refractivity contribution in [3.63, 3.8) is 0 Å². The van der Waals surface area contributed by atoms with E-state index in [1.165, 1.54) is 6.92 Å². The van der Waals surface area contributed by atoms with Gasteiger partial charge in [0.05, 0.1) is 12.6 Å². The summed E-state index contributed by atoms with van der Waals surface area (Å²) in [6.07, 6.45) is 1.66. The lowest BCUT2D eigenvalue weighted by molar-refractivity contribution is -0.131. The largest absolute Gasteiger partial charge is 0.394 e.